The number of phenolic OH excluding ortho intramolecular Hbond substituents is 1. The topological polar surface area (TPSA) is 20.2 Å². The monoisotopic (exact) mass is 212 g/mol. The lowest BCUT2D eigenvalue weighted by Gasteiger charge is -2.04. The van der Waals surface area contributed by atoms with Gasteiger partial charge in [0.15, 0.2) is 0 Å². The molecule has 2 aromatic carbocycles. The third-order valence-electron chi connectivity index (χ3n) is 1.91. The van der Waals surface area contributed by atoms with E-state index in [-0.39, 0.29) is 5.75 Å². The maximum atomic E-state index is 9.53. The molecule has 0 saturated carbocycles. The van der Waals surface area contributed by atoms with E-state index in [1.54, 1.807) is 24.3 Å². The summed E-state index contributed by atoms with van der Waals surface area (Å²) in [6.07, 6.45) is 0. The number of hydrogen-bond donors (Lipinski definition) is 1. The first-order valence-corrected chi connectivity index (χ1v) is 4.51. The minimum Gasteiger partial charge on any atom is -0.507 e. The van der Waals surface area contributed by atoms with E-state index in [1.165, 1.54) is 0 Å². The molecule has 0 bridgehead atoms. The Morgan fingerprint density at radius 2 is 1.62 bits per heavy atom. The Hall–Kier alpha value is -0.920. The Bertz CT molecular complexity index is 457. The second-order valence-corrected chi connectivity index (χ2v) is 3.54. The molecule has 13 heavy (non-hydrogen) atoms. The molecule has 3 heteroatoms. The Balaban J connectivity index is 3.00. The predicted molar refractivity (Wildman–Crippen MR) is 55.6 cm³/mol. The molecule has 0 saturated heterocycles. The zero-order valence-corrected chi connectivity index (χ0v) is 8.10. The second-order valence-electron chi connectivity index (χ2n) is 2.73. The van der Waals surface area contributed by atoms with Gasteiger partial charge in [0.1, 0.15) is 5.75 Å². The molecule has 1 nitrogen and oxygen atoms in total. The molecule has 0 aromatic heterocycles. The molecule has 2 aromatic rings. The summed E-state index contributed by atoms with van der Waals surface area (Å²) in [6.45, 7) is 0. The minimum atomic E-state index is 0.157. The van der Waals surface area contributed by atoms with Gasteiger partial charge in [-0.05, 0) is 18.2 Å². The van der Waals surface area contributed by atoms with Crippen molar-refractivity contribution in [2.75, 3.05) is 0 Å². The van der Waals surface area contributed by atoms with Gasteiger partial charge in [0, 0.05) is 15.8 Å². The van der Waals surface area contributed by atoms with Crippen molar-refractivity contribution >= 4 is 34.0 Å². The van der Waals surface area contributed by atoms with E-state index in [4.69, 9.17) is 23.2 Å². The third kappa shape index (κ3) is 1.34. The highest BCUT2D eigenvalue weighted by molar-refractivity contribution is 6.40. The maximum absolute atomic E-state index is 9.53. The van der Waals surface area contributed by atoms with Crippen LogP contribution in [0.25, 0.3) is 10.8 Å². The highest BCUT2D eigenvalue weighted by Gasteiger charge is 2.06. The minimum absolute atomic E-state index is 0.157. The van der Waals surface area contributed by atoms with E-state index in [1.807, 2.05) is 6.07 Å². The zero-order chi connectivity index (χ0) is 9.42. The van der Waals surface area contributed by atoms with Crippen molar-refractivity contribution < 1.29 is 5.11 Å². The molecular weight excluding hydrogens is 207 g/mol. The van der Waals surface area contributed by atoms with Gasteiger partial charge in [-0.1, -0.05) is 35.3 Å². The van der Waals surface area contributed by atoms with Crippen LogP contribution in [-0.4, -0.2) is 5.11 Å². The summed E-state index contributed by atoms with van der Waals surface area (Å²) in [5.74, 6) is 0.157. The first-order valence-electron chi connectivity index (χ1n) is 3.76. The third-order valence-corrected chi connectivity index (χ3v) is 2.56. The summed E-state index contributed by atoms with van der Waals surface area (Å²) in [6, 6.07) is 8.53. The van der Waals surface area contributed by atoms with Gasteiger partial charge in [0.25, 0.3) is 0 Å². The SMILES string of the molecule is Oc1cccc2c(Cl)ccc(Cl)c12. The Morgan fingerprint density at radius 3 is 2.31 bits per heavy atom. The van der Waals surface area contributed by atoms with Gasteiger partial charge in [0.05, 0.1) is 5.02 Å². The second kappa shape index (κ2) is 3.09. The Labute approximate surface area is 85.5 Å². The van der Waals surface area contributed by atoms with Crippen LogP contribution in [0.15, 0.2) is 30.3 Å². The number of benzene rings is 2. The summed E-state index contributed by atoms with van der Waals surface area (Å²) in [7, 11) is 0. The lowest BCUT2D eigenvalue weighted by molar-refractivity contribution is 0.481. The van der Waals surface area contributed by atoms with Crippen LogP contribution >= 0.6 is 23.2 Å². The number of phenols is 1. The quantitative estimate of drug-likeness (QED) is 0.704. The number of rotatable bonds is 0. The molecular formula is C10H6Cl2O. The highest BCUT2D eigenvalue weighted by Crippen LogP contribution is 2.35. The Kier molecular flexibility index (Phi) is 2.06. The number of fused-ring (bicyclic) bond motifs is 1. The fourth-order valence-electron chi connectivity index (χ4n) is 1.31. The van der Waals surface area contributed by atoms with Crippen molar-refractivity contribution in [3.63, 3.8) is 0 Å². The van der Waals surface area contributed by atoms with E-state index in [2.05, 4.69) is 0 Å². The van der Waals surface area contributed by atoms with Crippen LogP contribution < -0.4 is 0 Å². The summed E-state index contributed by atoms with van der Waals surface area (Å²) in [5, 5.41) is 12.0. The molecule has 2 rings (SSSR count). The van der Waals surface area contributed by atoms with Gasteiger partial charge in [0.2, 0.25) is 0 Å². The molecule has 0 atom stereocenters. The number of aromatic hydroxyl groups is 1. The lowest BCUT2D eigenvalue weighted by Crippen LogP contribution is -1.76. The normalized spacial score (nSPS) is 10.6. The summed E-state index contributed by atoms with van der Waals surface area (Å²) >= 11 is 11.8. The molecule has 1 N–H and O–H groups in total. The summed E-state index contributed by atoms with van der Waals surface area (Å²) < 4.78 is 0. The molecule has 0 fully saturated rings. The number of halogens is 2. The first-order chi connectivity index (χ1) is 6.20. The molecule has 0 unspecified atom stereocenters. The summed E-state index contributed by atoms with van der Waals surface area (Å²) in [5.41, 5.74) is 0. The van der Waals surface area contributed by atoms with Crippen molar-refractivity contribution in [2.45, 2.75) is 0 Å². The largest absolute Gasteiger partial charge is 0.507 e. The van der Waals surface area contributed by atoms with Crippen LogP contribution in [0.1, 0.15) is 0 Å². The smallest absolute Gasteiger partial charge is 0.124 e. The van der Waals surface area contributed by atoms with Gasteiger partial charge in [-0.25, -0.2) is 0 Å². The standard InChI is InChI=1S/C10H6Cl2O/c11-7-4-5-8(12)10-6(7)2-1-3-9(10)13/h1-5,13H. The average molecular weight is 213 g/mol. The van der Waals surface area contributed by atoms with Crippen LogP contribution in [0, 0.1) is 0 Å². The zero-order valence-electron chi connectivity index (χ0n) is 6.59. The van der Waals surface area contributed by atoms with Crippen molar-refractivity contribution in [1.82, 2.24) is 0 Å². The van der Waals surface area contributed by atoms with Gasteiger partial charge >= 0.3 is 0 Å². The van der Waals surface area contributed by atoms with E-state index in [9.17, 15) is 5.11 Å². The predicted octanol–water partition coefficient (Wildman–Crippen LogP) is 3.85. The van der Waals surface area contributed by atoms with Crippen LogP contribution in [0.5, 0.6) is 5.75 Å². The van der Waals surface area contributed by atoms with Crippen molar-refractivity contribution in [2.24, 2.45) is 0 Å². The van der Waals surface area contributed by atoms with Crippen molar-refractivity contribution in [3.8, 4) is 5.75 Å². The van der Waals surface area contributed by atoms with Crippen molar-refractivity contribution in [1.29, 1.82) is 0 Å². The molecule has 66 valence electrons. The number of hydrogen-bond acceptors (Lipinski definition) is 1. The molecule has 0 spiro atoms. The highest BCUT2D eigenvalue weighted by atomic mass is 35.5. The molecule has 0 aliphatic carbocycles. The van der Waals surface area contributed by atoms with Gasteiger partial charge in [-0.2, -0.15) is 0 Å². The van der Waals surface area contributed by atoms with Gasteiger partial charge < -0.3 is 5.11 Å². The summed E-state index contributed by atoms with van der Waals surface area (Å²) in [4.78, 5) is 0. The van der Waals surface area contributed by atoms with E-state index in [0.29, 0.717) is 15.4 Å². The van der Waals surface area contributed by atoms with Crippen LogP contribution in [-0.2, 0) is 0 Å². The maximum Gasteiger partial charge on any atom is 0.124 e. The molecule has 0 aliphatic rings. The van der Waals surface area contributed by atoms with Crippen LogP contribution in [0.4, 0.5) is 0 Å². The van der Waals surface area contributed by atoms with Gasteiger partial charge in [-0.3, -0.25) is 0 Å². The van der Waals surface area contributed by atoms with E-state index < -0.39 is 0 Å². The average Bonchev–Trinajstić information content (AvgIpc) is 2.12. The molecule has 0 aliphatic heterocycles. The van der Waals surface area contributed by atoms with Crippen LogP contribution in [0.2, 0.25) is 10.0 Å². The van der Waals surface area contributed by atoms with E-state index >= 15 is 0 Å². The fourth-order valence-corrected chi connectivity index (χ4v) is 1.79. The van der Waals surface area contributed by atoms with E-state index in [0.717, 1.165) is 5.39 Å². The van der Waals surface area contributed by atoms with Crippen LogP contribution in [0.3, 0.4) is 0 Å². The Morgan fingerprint density at radius 1 is 0.923 bits per heavy atom. The van der Waals surface area contributed by atoms with Crippen molar-refractivity contribution in [3.05, 3.63) is 40.4 Å². The molecule has 0 amide bonds. The lowest BCUT2D eigenvalue weighted by atomic mass is 10.1. The molecule has 0 heterocycles. The van der Waals surface area contributed by atoms with Gasteiger partial charge in [-0.15, -0.1) is 0 Å². The molecule has 0 radical (unpaired) electrons. The fraction of sp³-hybridized carbons (Fsp3) is 0. The first kappa shape index (κ1) is 8.67.